The molecule has 0 unspecified atom stereocenters. The second-order valence-electron chi connectivity index (χ2n) is 8.71. The largest absolute Gasteiger partial charge is 0.486 e. The molecule has 0 atom stereocenters. The van der Waals surface area contributed by atoms with Gasteiger partial charge >= 0.3 is 0 Å². The molecule has 2 heterocycles. The molecule has 6 heteroatoms. The van der Waals surface area contributed by atoms with Crippen LogP contribution in [0.25, 0.3) is 5.57 Å². The van der Waals surface area contributed by atoms with Crippen molar-refractivity contribution in [1.82, 2.24) is 4.90 Å². The fourth-order valence-electron chi connectivity index (χ4n) is 4.14. The predicted octanol–water partition coefficient (Wildman–Crippen LogP) is 4.78. The van der Waals surface area contributed by atoms with Gasteiger partial charge in [-0.15, -0.1) is 0 Å². The SMILES string of the molecule is Cc1ccc(CN2C(=O)C(Nc3ccc4c(c3)OCCO4)=C(c3ccc(C)c(C)c3)C2=O)cc1. The van der Waals surface area contributed by atoms with E-state index in [4.69, 9.17) is 9.47 Å². The maximum Gasteiger partial charge on any atom is 0.278 e. The number of hydrogen-bond donors (Lipinski definition) is 1. The van der Waals surface area contributed by atoms with Crippen molar-refractivity contribution in [1.29, 1.82) is 0 Å². The van der Waals surface area contributed by atoms with E-state index in [1.54, 1.807) is 12.1 Å². The van der Waals surface area contributed by atoms with Gasteiger partial charge in [-0.05, 0) is 55.2 Å². The molecule has 34 heavy (non-hydrogen) atoms. The second-order valence-corrected chi connectivity index (χ2v) is 8.71. The number of benzene rings is 3. The summed E-state index contributed by atoms with van der Waals surface area (Å²) < 4.78 is 11.3. The van der Waals surface area contributed by atoms with Gasteiger partial charge in [0.05, 0.1) is 12.1 Å². The van der Waals surface area contributed by atoms with E-state index < -0.39 is 0 Å². The summed E-state index contributed by atoms with van der Waals surface area (Å²) in [5.74, 6) is 0.607. The zero-order valence-electron chi connectivity index (χ0n) is 19.5. The lowest BCUT2D eigenvalue weighted by molar-refractivity contribution is -0.137. The zero-order valence-corrected chi connectivity index (χ0v) is 19.5. The van der Waals surface area contributed by atoms with Crippen LogP contribution in [0.1, 0.15) is 27.8 Å². The highest BCUT2D eigenvalue weighted by Gasteiger charge is 2.39. The molecular formula is C28H26N2O4. The van der Waals surface area contributed by atoms with Gasteiger partial charge in [0.25, 0.3) is 11.8 Å². The monoisotopic (exact) mass is 454 g/mol. The summed E-state index contributed by atoms with van der Waals surface area (Å²) in [7, 11) is 0. The van der Waals surface area contributed by atoms with Gasteiger partial charge in [-0.25, -0.2) is 0 Å². The molecule has 6 nitrogen and oxygen atoms in total. The van der Waals surface area contributed by atoms with Crippen molar-refractivity contribution >= 4 is 23.1 Å². The minimum atomic E-state index is -0.353. The summed E-state index contributed by atoms with van der Waals surface area (Å²) in [6.07, 6.45) is 0. The third-order valence-electron chi connectivity index (χ3n) is 6.24. The lowest BCUT2D eigenvalue weighted by Crippen LogP contribution is -2.32. The van der Waals surface area contributed by atoms with E-state index in [2.05, 4.69) is 5.32 Å². The number of fused-ring (bicyclic) bond motifs is 1. The number of amides is 2. The molecule has 5 rings (SSSR count). The van der Waals surface area contributed by atoms with Crippen molar-refractivity contribution in [3.63, 3.8) is 0 Å². The molecule has 2 aliphatic heterocycles. The van der Waals surface area contributed by atoms with Crippen molar-refractivity contribution in [2.75, 3.05) is 18.5 Å². The topological polar surface area (TPSA) is 67.9 Å². The molecule has 2 aliphatic rings. The van der Waals surface area contributed by atoms with Crippen molar-refractivity contribution in [3.05, 3.63) is 94.2 Å². The number of carbonyl (C=O) groups is 2. The standard InChI is InChI=1S/C28H26N2O4/c1-17-4-7-20(8-5-17)16-30-27(31)25(21-9-6-18(2)19(3)14-21)26(28(30)32)29-22-10-11-23-24(15-22)34-13-12-33-23/h4-11,14-15,29H,12-13,16H2,1-3H3. The van der Waals surface area contributed by atoms with E-state index in [0.29, 0.717) is 41.5 Å². The number of rotatable bonds is 5. The number of imide groups is 1. The number of nitrogens with one attached hydrogen (secondary N) is 1. The average Bonchev–Trinajstić information content (AvgIpc) is 3.06. The van der Waals surface area contributed by atoms with Crippen LogP contribution in [0.4, 0.5) is 5.69 Å². The summed E-state index contributed by atoms with van der Waals surface area (Å²) in [6, 6.07) is 19.1. The van der Waals surface area contributed by atoms with Crippen LogP contribution in [0.2, 0.25) is 0 Å². The van der Waals surface area contributed by atoms with Gasteiger partial charge in [0, 0.05) is 11.8 Å². The normalized spacial score (nSPS) is 15.2. The van der Waals surface area contributed by atoms with Crippen LogP contribution >= 0.6 is 0 Å². The van der Waals surface area contributed by atoms with E-state index in [9.17, 15) is 9.59 Å². The van der Waals surface area contributed by atoms with Crippen molar-refractivity contribution in [2.24, 2.45) is 0 Å². The summed E-state index contributed by atoms with van der Waals surface area (Å²) in [5, 5.41) is 3.21. The zero-order chi connectivity index (χ0) is 23.8. The van der Waals surface area contributed by atoms with E-state index in [1.807, 2.05) is 69.3 Å². The van der Waals surface area contributed by atoms with Gasteiger partial charge in [-0.2, -0.15) is 0 Å². The fourth-order valence-corrected chi connectivity index (χ4v) is 4.14. The Hall–Kier alpha value is -4.06. The van der Waals surface area contributed by atoms with Crippen LogP contribution in [-0.2, 0) is 16.1 Å². The molecule has 2 amide bonds. The van der Waals surface area contributed by atoms with Crippen LogP contribution in [-0.4, -0.2) is 29.9 Å². The van der Waals surface area contributed by atoms with Crippen molar-refractivity contribution < 1.29 is 19.1 Å². The summed E-state index contributed by atoms with van der Waals surface area (Å²) >= 11 is 0. The first-order valence-electron chi connectivity index (χ1n) is 11.3. The Morgan fingerprint density at radius 3 is 2.26 bits per heavy atom. The smallest absolute Gasteiger partial charge is 0.278 e. The first-order chi connectivity index (χ1) is 16.4. The molecule has 3 aromatic carbocycles. The van der Waals surface area contributed by atoms with E-state index in [0.717, 1.165) is 22.3 Å². The van der Waals surface area contributed by atoms with Crippen LogP contribution in [0.5, 0.6) is 11.5 Å². The van der Waals surface area contributed by atoms with Crippen LogP contribution in [0.3, 0.4) is 0 Å². The lowest BCUT2D eigenvalue weighted by Gasteiger charge is -2.19. The Morgan fingerprint density at radius 2 is 1.53 bits per heavy atom. The molecule has 0 aromatic heterocycles. The minimum absolute atomic E-state index is 0.207. The molecule has 172 valence electrons. The molecule has 0 radical (unpaired) electrons. The summed E-state index contributed by atoms with van der Waals surface area (Å²) in [4.78, 5) is 28.4. The van der Waals surface area contributed by atoms with Crippen LogP contribution < -0.4 is 14.8 Å². The number of carbonyl (C=O) groups excluding carboxylic acids is 2. The Morgan fingerprint density at radius 1 is 0.794 bits per heavy atom. The first-order valence-corrected chi connectivity index (χ1v) is 11.3. The van der Waals surface area contributed by atoms with Crippen molar-refractivity contribution in [3.8, 4) is 11.5 Å². The molecule has 0 spiro atoms. The highest BCUT2D eigenvalue weighted by Crippen LogP contribution is 2.36. The Bertz CT molecular complexity index is 1320. The number of nitrogens with zero attached hydrogens (tertiary/aromatic N) is 1. The Balaban J connectivity index is 1.54. The Kier molecular flexibility index (Phi) is 5.57. The first kappa shape index (κ1) is 21.8. The quantitative estimate of drug-likeness (QED) is 0.562. The molecule has 0 saturated carbocycles. The number of aryl methyl sites for hydroxylation is 3. The van der Waals surface area contributed by atoms with Crippen LogP contribution in [0, 0.1) is 20.8 Å². The van der Waals surface area contributed by atoms with Gasteiger partial charge in [-0.1, -0.05) is 48.0 Å². The highest BCUT2D eigenvalue weighted by atomic mass is 16.6. The van der Waals surface area contributed by atoms with E-state index >= 15 is 0 Å². The molecule has 0 aliphatic carbocycles. The molecule has 0 fully saturated rings. The van der Waals surface area contributed by atoms with Crippen LogP contribution in [0.15, 0.2) is 66.4 Å². The molecular weight excluding hydrogens is 428 g/mol. The summed E-state index contributed by atoms with van der Waals surface area (Å²) in [5.41, 5.74) is 6.20. The molecule has 0 saturated heterocycles. The lowest BCUT2D eigenvalue weighted by atomic mass is 9.99. The number of anilines is 1. The average molecular weight is 455 g/mol. The van der Waals surface area contributed by atoms with E-state index in [1.165, 1.54) is 4.90 Å². The third-order valence-corrected chi connectivity index (χ3v) is 6.24. The molecule has 0 bridgehead atoms. The van der Waals surface area contributed by atoms with Gasteiger partial charge in [-0.3, -0.25) is 14.5 Å². The van der Waals surface area contributed by atoms with E-state index in [-0.39, 0.29) is 24.1 Å². The van der Waals surface area contributed by atoms with Crippen molar-refractivity contribution in [2.45, 2.75) is 27.3 Å². The predicted molar refractivity (Wildman–Crippen MR) is 131 cm³/mol. The Labute approximate surface area is 198 Å². The maximum atomic E-state index is 13.6. The molecule has 1 N–H and O–H groups in total. The van der Waals surface area contributed by atoms with Gasteiger partial charge in [0.1, 0.15) is 18.9 Å². The maximum absolute atomic E-state index is 13.6. The number of ether oxygens (including phenoxy) is 2. The highest BCUT2D eigenvalue weighted by molar-refractivity contribution is 6.36. The molecule has 3 aromatic rings. The fraction of sp³-hybridized carbons (Fsp3) is 0.214. The van der Waals surface area contributed by atoms with Gasteiger partial charge in [0.2, 0.25) is 0 Å². The summed E-state index contributed by atoms with van der Waals surface area (Å²) in [6.45, 7) is 7.20. The third kappa shape index (κ3) is 4.03. The minimum Gasteiger partial charge on any atom is -0.486 e. The number of hydrogen-bond acceptors (Lipinski definition) is 5. The van der Waals surface area contributed by atoms with Gasteiger partial charge < -0.3 is 14.8 Å². The second kappa shape index (κ2) is 8.71. The van der Waals surface area contributed by atoms with Gasteiger partial charge in [0.15, 0.2) is 11.5 Å².